The molecule has 1 aliphatic carbocycles. The lowest BCUT2D eigenvalue weighted by atomic mass is 9.67. The van der Waals surface area contributed by atoms with Crippen LogP contribution in [0.2, 0.25) is 0 Å². The van der Waals surface area contributed by atoms with Crippen molar-refractivity contribution in [1.82, 2.24) is 0 Å². The van der Waals surface area contributed by atoms with Gasteiger partial charge in [-0.3, -0.25) is 0 Å². The van der Waals surface area contributed by atoms with Crippen LogP contribution in [0.15, 0.2) is 211 Å². The molecule has 0 radical (unpaired) electrons. The average molecular weight is 711 g/mol. The monoisotopic (exact) mass is 710 g/mol. The normalized spacial score (nSPS) is 13.1. The van der Waals surface area contributed by atoms with Gasteiger partial charge in [-0.1, -0.05) is 176 Å². The number of fused-ring (bicyclic) bond motifs is 10. The zero-order valence-electron chi connectivity index (χ0n) is 30.5. The van der Waals surface area contributed by atoms with E-state index < -0.39 is 5.41 Å². The van der Waals surface area contributed by atoms with Crippen molar-refractivity contribution >= 4 is 54.3 Å². The molecule has 0 aliphatic heterocycles. The van der Waals surface area contributed by atoms with Gasteiger partial charge in [0.25, 0.3) is 0 Å². The summed E-state index contributed by atoms with van der Waals surface area (Å²) in [7, 11) is 0. The molecule has 0 amide bonds. The van der Waals surface area contributed by atoms with Crippen LogP contribution in [0.25, 0.3) is 87.6 Å². The minimum atomic E-state index is -0.564. The lowest BCUT2D eigenvalue weighted by molar-refractivity contribution is 0.673. The van der Waals surface area contributed by atoms with Crippen LogP contribution < -0.4 is 0 Å². The maximum Gasteiger partial charge on any atom is 0.143 e. The van der Waals surface area contributed by atoms with Gasteiger partial charge in [0, 0.05) is 16.2 Å². The lowest BCUT2D eigenvalue weighted by Crippen LogP contribution is -2.28. The summed E-state index contributed by atoms with van der Waals surface area (Å²) in [6, 6.07) is 76.0. The van der Waals surface area contributed by atoms with E-state index in [0.29, 0.717) is 0 Å². The molecule has 260 valence electrons. The smallest absolute Gasteiger partial charge is 0.143 e. The van der Waals surface area contributed by atoms with Gasteiger partial charge in [-0.15, -0.1) is 0 Å². The van der Waals surface area contributed by atoms with Crippen molar-refractivity contribution in [3.63, 3.8) is 0 Å². The highest BCUT2D eigenvalue weighted by atomic mass is 16.3. The van der Waals surface area contributed by atoms with Crippen LogP contribution in [0.4, 0.5) is 0 Å². The summed E-state index contributed by atoms with van der Waals surface area (Å²) in [4.78, 5) is 0. The van der Waals surface area contributed by atoms with Crippen LogP contribution in [-0.2, 0) is 5.41 Å². The molecule has 0 saturated carbocycles. The second-order valence-corrected chi connectivity index (χ2v) is 15.1. The van der Waals surface area contributed by atoms with Crippen LogP contribution in [0.5, 0.6) is 0 Å². The SMILES string of the molecule is c1ccc(C2(c3ccccc3)c3cc(-c4cccc5oc6c7ccccc7ccc6c45)ccc3-c3cc4cccc(-c5cccc6ccccc56)c4cc32)cc1. The van der Waals surface area contributed by atoms with Gasteiger partial charge in [-0.25, -0.2) is 0 Å². The molecular formula is C55H34O. The van der Waals surface area contributed by atoms with Gasteiger partial charge >= 0.3 is 0 Å². The fourth-order valence-electron chi connectivity index (χ4n) is 9.91. The molecule has 0 fully saturated rings. The number of hydrogen-bond acceptors (Lipinski definition) is 1. The highest BCUT2D eigenvalue weighted by molar-refractivity contribution is 6.19. The molecule has 11 aromatic rings. The maximum absolute atomic E-state index is 6.67. The average Bonchev–Trinajstić information content (AvgIpc) is 3.79. The molecule has 0 bridgehead atoms. The van der Waals surface area contributed by atoms with Crippen LogP contribution >= 0.6 is 0 Å². The van der Waals surface area contributed by atoms with E-state index in [1.54, 1.807) is 0 Å². The molecule has 1 nitrogen and oxygen atoms in total. The predicted molar refractivity (Wildman–Crippen MR) is 234 cm³/mol. The third-order valence-electron chi connectivity index (χ3n) is 12.3. The van der Waals surface area contributed by atoms with Crippen molar-refractivity contribution in [2.24, 2.45) is 0 Å². The lowest BCUT2D eigenvalue weighted by Gasteiger charge is -2.34. The summed E-state index contributed by atoms with van der Waals surface area (Å²) >= 11 is 0. The summed E-state index contributed by atoms with van der Waals surface area (Å²) < 4.78 is 6.67. The molecule has 1 aliphatic rings. The van der Waals surface area contributed by atoms with E-state index in [9.17, 15) is 0 Å². The fraction of sp³-hybridized carbons (Fsp3) is 0.0182. The molecule has 0 saturated heterocycles. The van der Waals surface area contributed by atoms with Gasteiger partial charge < -0.3 is 4.42 Å². The summed E-state index contributed by atoms with van der Waals surface area (Å²) in [5.41, 5.74) is 13.8. The van der Waals surface area contributed by atoms with Crippen LogP contribution in [0, 0.1) is 0 Å². The number of furan rings is 1. The van der Waals surface area contributed by atoms with Crippen molar-refractivity contribution in [3.8, 4) is 33.4 Å². The molecule has 0 spiro atoms. The third kappa shape index (κ3) is 4.31. The summed E-state index contributed by atoms with van der Waals surface area (Å²) in [5.74, 6) is 0. The summed E-state index contributed by atoms with van der Waals surface area (Å²) in [6.45, 7) is 0. The number of benzene rings is 10. The zero-order valence-corrected chi connectivity index (χ0v) is 30.5. The Hall–Kier alpha value is -7.22. The Morgan fingerprint density at radius 3 is 1.68 bits per heavy atom. The van der Waals surface area contributed by atoms with Gasteiger partial charge in [0.2, 0.25) is 0 Å². The molecule has 0 atom stereocenters. The second-order valence-electron chi connectivity index (χ2n) is 15.1. The van der Waals surface area contributed by atoms with Gasteiger partial charge in [0.05, 0.1) is 5.41 Å². The zero-order chi connectivity index (χ0) is 36.8. The first-order valence-corrected chi connectivity index (χ1v) is 19.4. The van der Waals surface area contributed by atoms with Gasteiger partial charge in [0.1, 0.15) is 11.2 Å². The minimum Gasteiger partial charge on any atom is -0.455 e. The van der Waals surface area contributed by atoms with E-state index in [1.807, 2.05) is 0 Å². The first kappa shape index (κ1) is 31.2. The van der Waals surface area contributed by atoms with Crippen LogP contribution in [0.1, 0.15) is 22.3 Å². The molecule has 1 heteroatoms. The molecule has 1 heterocycles. The maximum atomic E-state index is 6.67. The number of rotatable bonds is 4. The topological polar surface area (TPSA) is 13.1 Å². The van der Waals surface area contributed by atoms with Crippen molar-refractivity contribution in [2.75, 3.05) is 0 Å². The Bertz CT molecular complexity index is 3310. The van der Waals surface area contributed by atoms with Crippen LogP contribution in [-0.4, -0.2) is 0 Å². The van der Waals surface area contributed by atoms with Crippen molar-refractivity contribution in [1.29, 1.82) is 0 Å². The third-order valence-corrected chi connectivity index (χ3v) is 12.3. The molecule has 0 unspecified atom stereocenters. The summed E-state index contributed by atoms with van der Waals surface area (Å²) in [5, 5.41) is 9.63. The highest BCUT2D eigenvalue weighted by Gasteiger charge is 2.46. The number of hydrogen-bond donors (Lipinski definition) is 0. The van der Waals surface area contributed by atoms with E-state index in [0.717, 1.165) is 27.3 Å². The Labute approximate surface area is 324 Å². The quantitative estimate of drug-likeness (QED) is 0.177. The predicted octanol–water partition coefficient (Wildman–Crippen LogP) is 14.7. The Morgan fingerprint density at radius 1 is 0.321 bits per heavy atom. The fourth-order valence-corrected chi connectivity index (χ4v) is 9.91. The van der Waals surface area contributed by atoms with Gasteiger partial charge in [-0.2, -0.15) is 0 Å². The highest BCUT2D eigenvalue weighted by Crippen LogP contribution is 2.58. The Kier molecular flexibility index (Phi) is 6.62. The molecule has 12 rings (SSSR count). The largest absolute Gasteiger partial charge is 0.455 e. The van der Waals surface area contributed by atoms with E-state index in [2.05, 4.69) is 206 Å². The van der Waals surface area contributed by atoms with E-state index in [-0.39, 0.29) is 0 Å². The van der Waals surface area contributed by atoms with Crippen molar-refractivity contribution in [3.05, 3.63) is 229 Å². The second kappa shape index (κ2) is 11.9. The first-order chi connectivity index (χ1) is 27.8. The van der Waals surface area contributed by atoms with Crippen molar-refractivity contribution in [2.45, 2.75) is 5.41 Å². The molecule has 0 N–H and O–H groups in total. The van der Waals surface area contributed by atoms with E-state index >= 15 is 0 Å². The standard InChI is InChI=1S/C55H34O/c1-3-18-39(19-4-1)55(40-20-5-2-6-21-40)50-33-38(42-24-13-27-52-53(42)47-31-28-36-15-8-10-23-43(36)54(47)56-52)29-30-46(50)49-32-37-17-12-26-45(48(37)34-51(49)55)44-25-11-16-35-14-7-9-22-41(35)44/h1-34H. The molecular weight excluding hydrogens is 677 g/mol. The molecule has 10 aromatic carbocycles. The van der Waals surface area contributed by atoms with E-state index in [4.69, 9.17) is 4.42 Å². The molecule has 1 aromatic heterocycles. The van der Waals surface area contributed by atoms with Crippen LogP contribution in [0.3, 0.4) is 0 Å². The van der Waals surface area contributed by atoms with Gasteiger partial charge in [0.15, 0.2) is 0 Å². The Morgan fingerprint density at radius 2 is 0.911 bits per heavy atom. The van der Waals surface area contributed by atoms with Gasteiger partial charge in [-0.05, 0) is 113 Å². The first-order valence-electron chi connectivity index (χ1n) is 19.4. The van der Waals surface area contributed by atoms with Crippen molar-refractivity contribution < 1.29 is 4.42 Å². The Balaban J connectivity index is 1.17. The molecule has 56 heavy (non-hydrogen) atoms. The summed E-state index contributed by atoms with van der Waals surface area (Å²) in [6.07, 6.45) is 0. The minimum absolute atomic E-state index is 0.564. The van der Waals surface area contributed by atoms with E-state index in [1.165, 1.54) is 82.6 Å².